The number of amides is 1. The fourth-order valence-corrected chi connectivity index (χ4v) is 2.78. The van der Waals surface area contributed by atoms with Crippen molar-refractivity contribution < 1.29 is 4.79 Å². The lowest BCUT2D eigenvalue weighted by Gasteiger charge is -2.09. The van der Waals surface area contributed by atoms with Gasteiger partial charge in [-0.1, -0.05) is 29.8 Å². The number of anilines is 1. The smallest absolute Gasteiger partial charge is 0.244 e. The van der Waals surface area contributed by atoms with Gasteiger partial charge in [0.1, 0.15) is 12.6 Å². The highest BCUT2D eigenvalue weighted by atomic mass is 35.5. The Bertz CT molecular complexity index is 920. The monoisotopic (exact) mass is 323 g/mol. The third-order valence-electron chi connectivity index (χ3n) is 3.77. The van der Waals surface area contributed by atoms with Crippen LogP contribution in [0.5, 0.6) is 0 Å². The number of carbonyl (C=O) groups is 1. The normalized spacial score (nSPS) is 10.5. The first-order valence-electron chi connectivity index (χ1n) is 7.13. The number of nitrogens with one attached hydrogen (secondary N) is 1. The van der Waals surface area contributed by atoms with Gasteiger partial charge >= 0.3 is 0 Å². The van der Waals surface area contributed by atoms with Crippen LogP contribution in [0.4, 0.5) is 5.69 Å². The number of para-hydroxylation sites is 1. The Kier molecular flexibility index (Phi) is 4.05. The minimum Gasteiger partial charge on any atom is -0.334 e. The van der Waals surface area contributed by atoms with Crippen LogP contribution in [-0.4, -0.2) is 10.5 Å². The summed E-state index contributed by atoms with van der Waals surface area (Å²) in [5.41, 5.74) is 2.97. The highest BCUT2D eigenvalue weighted by molar-refractivity contribution is 6.30. The maximum Gasteiger partial charge on any atom is 0.244 e. The van der Waals surface area contributed by atoms with Crippen molar-refractivity contribution in [2.24, 2.45) is 0 Å². The number of carbonyl (C=O) groups excluding carboxylic acids is 1. The molecule has 0 saturated carbocycles. The molecular weight excluding hydrogens is 310 g/mol. The molecule has 1 heterocycles. The van der Waals surface area contributed by atoms with Crippen molar-refractivity contribution in [1.82, 2.24) is 4.57 Å². The van der Waals surface area contributed by atoms with Crippen molar-refractivity contribution in [1.29, 1.82) is 5.26 Å². The second-order valence-electron chi connectivity index (χ2n) is 5.23. The van der Waals surface area contributed by atoms with Crippen molar-refractivity contribution in [3.05, 3.63) is 64.8 Å². The molecule has 0 aliphatic rings. The number of hydrogen-bond donors (Lipinski definition) is 1. The maximum atomic E-state index is 12.3. The van der Waals surface area contributed by atoms with Crippen LogP contribution >= 0.6 is 11.6 Å². The molecule has 3 aromatic rings. The van der Waals surface area contributed by atoms with E-state index >= 15 is 0 Å². The highest BCUT2D eigenvalue weighted by Gasteiger charge is 2.15. The summed E-state index contributed by atoms with van der Waals surface area (Å²) >= 11 is 5.84. The lowest BCUT2D eigenvalue weighted by atomic mass is 10.1. The van der Waals surface area contributed by atoms with Crippen LogP contribution < -0.4 is 5.32 Å². The third kappa shape index (κ3) is 2.92. The summed E-state index contributed by atoms with van der Waals surface area (Å²) in [6, 6.07) is 16.8. The quantitative estimate of drug-likeness (QED) is 0.788. The van der Waals surface area contributed by atoms with E-state index in [-0.39, 0.29) is 12.5 Å². The van der Waals surface area contributed by atoms with Crippen molar-refractivity contribution in [2.45, 2.75) is 13.5 Å². The first kappa shape index (κ1) is 15.1. The first-order valence-corrected chi connectivity index (χ1v) is 7.51. The van der Waals surface area contributed by atoms with Gasteiger partial charge in [0.2, 0.25) is 5.91 Å². The average molecular weight is 324 g/mol. The molecule has 0 unspecified atom stereocenters. The number of fused-ring (bicyclic) bond motifs is 1. The molecule has 0 radical (unpaired) electrons. The second-order valence-corrected chi connectivity index (χ2v) is 5.67. The molecule has 114 valence electrons. The van der Waals surface area contributed by atoms with E-state index in [4.69, 9.17) is 11.6 Å². The fourth-order valence-electron chi connectivity index (χ4n) is 2.65. The van der Waals surface area contributed by atoms with Gasteiger partial charge in [0.15, 0.2) is 0 Å². The van der Waals surface area contributed by atoms with Crippen LogP contribution in [0.2, 0.25) is 5.02 Å². The molecule has 0 aliphatic carbocycles. The Labute approximate surface area is 138 Å². The number of halogens is 1. The zero-order chi connectivity index (χ0) is 16.4. The van der Waals surface area contributed by atoms with Gasteiger partial charge in [-0.25, -0.2) is 0 Å². The van der Waals surface area contributed by atoms with E-state index in [1.807, 2.05) is 35.8 Å². The topological polar surface area (TPSA) is 57.8 Å². The number of nitrogens with zero attached hydrogens (tertiary/aromatic N) is 2. The molecule has 4 nitrogen and oxygen atoms in total. The summed E-state index contributed by atoms with van der Waals surface area (Å²) < 4.78 is 1.86. The lowest BCUT2D eigenvalue weighted by molar-refractivity contribution is -0.116. The van der Waals surface area contributed by atoms with E-state index in [0.29, 0.717) is 16.3 Å². The molecular formula is C18H14ClN3O. The molecule has 0 fully saturated rings. The average Bonchev–Trinajstić information content (AvgIpc) is 2.81. The van der Waals surface area contributed by atoms with Crippen molar-refractivity contribution in [3.63, 3.8) is 0 Å². The summed E-state index contributed by atoms with van der Waals surface area (Å²) in [4.78, 5) is 12.3. The summed E-state index contributed by atoms with van der Waals surface area (Å²) in [5.74, 6) is -0.152. The second kappa shape index (κ2) is 6.15. The van der Waals surface area contributed by atoms with E-state index in [1.165, 1.54) is 0 Å². The molecule has 1 N–H and O–H groups in total. The van der Waals surface area contributed by atoms with Crippen LogP contribution in [0.3, 0.4) is 0 Å². The van der Waals surface area contributed by atoms with E-state index in [9.17, 15) is 10.1 Å². The van der Waals surface area contributed by atoms with E-state index in [2.05, 4.69) is 11.4 Å². The molecule has 2 aromatic carbocycles. The molecule has 0 aliphatic heterocycles. The molecule has 0 spiro atoms. The van der Waals surface area contributed by atoms with Gasteiger partial charge in [-0.3, -0.25) is 4.79 Å². The minimum absolute atomic E-state index is 0.149. The van der Waals surface area contributed by atoms with E-state index < -0.39 is 0 Å². The molecule has 0 atom stereocenters. The Morgan fingerprint density at radius 1 is 1.22 bits per heavy atom. The van der Waals surface area contributed by atoms with Crippen LogP contribution in [0.15, 0.2) is 48.5 Å². The van der Waals surface area contributed by atoms with E-state index in [0.717, 1.165) is 16.6 Å². The van der Waals surface area contributed by atoms with Crippen LogP contribution in [0.25, 0.3) is 10.9 Å². The van der Waals surface area contributed by atoms with Gasteiger partial charge in [0.05, 0.1) is 11.1 Å². The van der Waals surface area contributed by atoms with Gasteiger partial charge in [-0.15, -0.1) is 0 Å². The fraction of sp³-hybridized carbons (Fsp3) is 0.111. The standard InChI is InChI=1S/C18H14ClN3O/c1-12-16(10-20)15-4-2-3-5-17(15)22(12)11-18(23)21-14-8-6-13(19)7-9-14/h2-9H,11H2,1H3,(H,21,23). The van der Waals surface area contributed by atoms with E-state index in [1.54, 1.807) is 24.3 Å². The maximum absolute atomic E-state index is 12.3. The highest BCUT2D eigenvalue weighted by Crippen LogP contribution is 2.25. The molecule has 3 rings (SSSR count). The Hall–Kier alpha value is -2.77. The summed E-state index contributed by atoms with van der Waals surface area (Å²) in [6.07, 6.45) is 0. The summed E-state index contributed by atoms with van der Waals surface area (Å²) in [7, 11) is 0. The minimum atomic E-state index is -0.152. The van der Waals surface area contributed by atoms with Gasteiger partial charge in [-0.05, 0) is 37.3 Å². The van der Waals surface area contributed by atoms with Crippen molar-refractivity contribution >= 4 is 34.1 Å². The predicted molar refractivity (Wildman–Crippen MR) is 91.5 cm³/mol. The number of nitriles is 1. The third-order valence-corrected chi connectivity index (χ3v) is 4.02. The van der Waals surface area contributed by atoms with Gasteiger partial charge in [-0.2, -0.15) is 5.26 Å². The van der Waals surface area contributed by atoms with Crippen LogP contribution in [-0.2, 0) is 11.3 Å². The van der Waals surface area contributed by atoms with Gasteiger partial charge in [0.25, 0.3) is 0 Å². The lowest BCUT2D eigenvalue weighted by Crippen LogP contribution is -2.19. The Balaban J connectivity index is 1.89. The summed E-state index contributed by atoms with van der Waals surface area (Å²) in [6.45, 7) is 2.00. The van der Waals surface area contributed by atoms with Gasteiger partial charge in [0, 0.05) is 21.8 Å². The first-order chi connectivity index (χ1) is 11.1. The van der Waals surface area contributed by atoms with Crippen LogP contribution in [0, 0.1) is 18.3 Å². The Morgan fingerprint density at radius 3 is 2.61 bits per heavy atom. The molecule has 0 saturated heterocycles. The SMILES string of the molecule is Cc1c(C#N)c2ccccc2n1CC(=O)Nc1ccc(Cl)cc1. The predicted octanol–water partition coefficient (Wildman–Crippen LogP) is 4.11. The Morgan fingerprint density at radius 2 is 1.91 bits per heavy atom. The van der Waals surface area contributed by atoms with Gasteiger partial charge < -0.3 is 9.88 Å². The summed E-state index contributed by atoms with van der Waals surface area (Å²) in [5, 5.41) is 13.7. The number of rotatable bonds is 3. The van der Waals surface area contributed by atoms with Crippen LogP contribution in [0.1, 0.15) is 11.3 Å². The van der Waals surface area contributed by atoms with Crippen molar-refractivity contribution in [2.75, 3.05) is 5.32 Å². The molecule has 5 heteroatoms. The largest absolute Gasteiger partial charge is 0.334 e. The van der Waals surface area contributed by atoms with Crippen molar-refractivity contribution in [3.8, 4) is 6.07 Å². The number of aromatic nitrogens is 1. The molecule has 23 heavy (non-hydrogen) atoms. The zero-order valence-corrected chi connectivity index (χ0v) is 13.3. The number of benzene rings is 2. The zero-order valence-electron chi connectivity index (χ0n) is 12.5. The molecule has 0 bridgehead atoms. The molecule has 1 amide bonds. The molecule has 1 aromatic heterocycles. The number of hydrogen-bond acceptors (Lipinski definition) is 2.